The second-order valence-electron chi connectivity index (χ2n) is 10.6. The normalized spacial score (nSPS) is 17.4. The second kappa shape index (κ2) is 14.7. The lowest BCUT2D eigenvalue weighted by atomic mass is 9.97. The summed E-state index contributed by atoms with van der Waals surface area (Å²) in [5, 5.41) is 0. The van der Waals surface area contributed by atoms with E-state index in [-0.39, 0.29) is 22.3 Å². The Labute approximate surface area is 233 Å². The van der Waals surface area contributed by atoms with Crippen LogP contribution in [-0.2, 0) is 16.1 Å². The summed E-state index contributed by atoms with van der Waals surface area (Å²) >= 11 is 0. The van der Waals surface area contributed by atoms with Crippen LogP contribution in [0.3, 0.4) is 0 Å². The van der Waals surface area contributed by atoms with Crippen molar-refractivity contribution in [1.82, 2.24) is 0 Å². The zero-order valence-electron chi connectivity index (χ0n) is 23.0. The van der Waals surface area contributed by atoms with E-state index < -0.39 is 41.8 Å². The van der Waals surface area contributed by atoms with E-state index in [2.05, 4.69) is 6.92 Å². The summed E-state index contributed by atoms with van der Waals surface area (Å²) < 4.78 is 82.6. The van der Waals surface area contributed by atoms with Gasteiger partial charge >= 0.3 is 0 Å². The smallest absolute Gasteiger partial charge is 0.183 e. The lowest BCUT2D eigenvalue weighted by Crippen LogP contribution is -2.27. The maximum atomic E-state index is 15.1. The van der Waals surface area contributed by atoms with Crippen LogP contribution >= 0.6 is 0 Å². The molecule has 216 valence electrons. The van der Waals surface area contributed by atoms with Crippen molar-refractivity contribution in [2.75, 3.05) is 13.2 Å². The second-order valence-corrected chi connectivity index (χ2v) is 10.6. The Kier molecular flexibility index (Phi) is 11.1. The van der Waals surface area contributed by atoms with Crippen LogP contribution in [-0.4, -0.2) is 13.2 Å². The molecule has 1 heterocycles. The molecule has 7 heteroatoms. The number of alkyl halides is 1. The number of benzene rings is 3. The fraction of sp³-hybridized carbons (Fsp3) is 0.455. The minimum atomic E-state index is -1.30. The molecule has 3 aromatic rings. The van der Waals surface area contributed by atoms with E-state index in [1.807, 2.05) is 0 Å². The Morgan fingerprint density at radius 3 is 1.80 bits per heavy atom. The standard InChI is InChI=1S/C33H37F5O2/c1-2-3-4-5-6-7-8-9-10-22-20-39-33(40-21-22)24-12-14-26(30(36)16-24)23-11-13-27(29(35)15-23)25-17-31(37)28(19-34)32(38)18-25/h11-18,22,33H,2-10,19-21H2,1H3. The number of unbranched alkanes of at least 4 members (excludes halogenated alkanes) is 7. The third kappa shape index (κ3) is 7.70. The third-order valence-electron chi connectivity index (χ3n) is 7.56. The van der Waals surface area contributed by atoms with Crippen molar-refractivity contribution in [1.29, 1.82) is 0 Å². The van der Waals surface area contributed by atoms with Crippen LogP contribution in [0.4, 0.5) is 22.0 Å². The molecule has 0 N–H and O–H groups in total. The minimum Gasteiger partial charge on any atom is -0.348 e. The van der Waals surface area contributed by atoms with Crippen molar-refractivity contribution in [3.63, 3.8) is 0 Å². The van der Waals surface area contributed by atoms with Gasteiger partial charge in [-0.1, -0.05) is 82.6 Å². The zero-order chi connectivity index (χ0) is 28.5. The third-order valence-corrected chi connectivity index (χ3v) is 7.56. The van der Waals surface area contributed by atoms with Crippen molar-refractivity contribution in [3.8, 4) is 22.3 Å². The predicted octanol–water partition coefficient (Wildman–Crippen LogP) is 10.2. The average molecular weight is 561 g/mol. The SMILES string of the molecule is CCCCCCCCCCC1COC(c2ccc(-c3ccc(-c4cc(F)c(CF)c(F)c4)c(F)c3)c(F)c2)OC1. The fourth-order valence-corrected chi connectivity index (χ4v) is 5.18. The Hall–Kier alpha value is -2.77. The highest BCUT2D eigenvalue weighted by Crippen LogP contribution is 2.34. The highest BCUT2D eigenvalue weighted by molar-refractivity contribution is 5.72. The van der Waals surface area contributed by atoms with Crippen molar-refractivity contribution >= 4 is 0 Å². The topological polar surface area (TPSA) is 18.5 Å². The van der Waals surface area contributed by atoms with Crippen LogP contribution in [0, 0.1) is 29.2 Å². The average Bonchev–Trinajstić information content (AvgIpc) is 2.94. The first-order valence-electron chi connectivity index (χ1n) is 14.3. The highest BCUT2D eigenvalue weighted by atomic mass is 19.2. The summed E-state index contributed by atoms with van der Waals surface area (Å²) in [5.41, 5.74) is 0.134. The summed E-state index contributed by atoms with van der Waals surface area (Å²) in [6, 6.07) is 10.2. The molecule has 0 atom stereocenters. The quantitative estimate of drug-likeness (QED) is 0.153. The summed E-state index contributed by atoms with van der Waals surface area (Å²) in [6.07, 6.45) is 10.6. The molecule has 0 aromatic heterocycles. The first-order chi connectivity index (χ1) is 19.4. The molecule has 1 aliphatic heterocycles. The Bertz CT molecular complexity index is 1230. The highest BCUT2D eigenvalue weighted by Gasteiger charge is 2.24. The van der Waals surface area contributed by atoms with Gasteiger partial charge in [0, 0.05) is 22.6 Å². The molecular weight excluding hydrogens is 523 g/mol. The van der Waals surface area contributed by atoms with Gasteiger partial charge in [-0.05, 0) is 41.8 Å². The maximum Gasteiger partial charge on any atom is 0.183 e. The molecule has 0 unspecified atom stereocenters. The number of ether oxygens (including phenoxy) is 2. The number of hydrogen-bond donors (Lipinski definition) is 0. The van der Waals surface area contributed by atoms with Gasteiger partial charge in [0.25, 0.3) is 0 Å². The van der Waals surface area contributed by atoms with Gasteiger partial charge in [0.1, 0.15) is 29.9 Å². The van der Waals surface area contributed by atoms with E-state index in [1.165, 1.54) is 69.2 Å². The van der Waals surface area contributed by atoms with E-state index >= 15 is 4.39 Å². The predicted molar refractivity (Wildman–Crippen MR) is 147 cm³/mol. The molecule has 0 amide bonds. The van der Waals surface area contributed by atoms with E-state index in [0.29, 0.717) is 24.7 Å². The van der Waals surface area contributed by atoms with E-state index in [9.17, 15) is 17.6 Å². The van der Waals surface area contributed by atoms with Crippen LogP contribution in [0.1, 0.15) is 82.1 Å². The first kappa shape index (κ1) is 30.2. The van der Waals surface area contributed by atoms with Crippen molar-refractivity contribution in [2.24, 2.45) is 5.92 Å². The monoisotopic (exact) mass is 560 g/mol. The van der Waals surface area contributed by atoms with Crippen molar-refractivity contribution in [2.45, 2.75) is 77.7 Å². The van der Waals surface area contributed by atoms with E-state index in [0.717, 1.165) is 31.0 Å². The Morgan fingerprint density at radius 1 is 0.650 bits per heavy atom. The van der Waals surface area contributed by atoms with Gasteiger partial charge in [0.2, 0.25) is 0 Å². The molecular formula is C33H37F5O2. The van der Waals surface area contributed by atoms with Crippen LogP contribution in [0.25, 0.3) is 22.3 Å². The summed E-state index contributed by atoms with van der Waals surface area (Å²) in [6.45, 7) is 2.05. The van der Waals surface area contributed by atoms with Gasteiger partial charge in [-0.25, -0.2) is 22.0 Å². The summed E-state index contributed by atoms with van der Waals surface area (Å²) in [7, 11) is 0. The molecule has 40 heavy (non-hydrogen) atoms. The number of rotatable bonds is 13. The Morgan fingerprint density at radius 2 is 1.20 bits per heavy atom. The summed E-state index contributed by atoms with van der Waals surface area (Å²) in [4.78, 5) is 0. The van der Waals surface area contributed by atoms with Gasteiger partial charge < -0.3 is 9.47 Å². The molecule has 2 nitrogen and oxygen atoms in total. The van der Waals surface area contributed by atoms with Crippen molar-refractivity contribution < 1.29 is 31.4 Å². The number of halogens is 5. The molecule has 0 spiro atoms. The molecule has 1 aliphatic rings. The van der Waals surface area contributed by atoms with Gasteiger partial charge in [-0.2, -0.15) is 0 Å². The first-order valence-corrected chi connectivity index (χ1v) is 14.3. The van der Waals surface area contributed by atoms with Crippen LogP contribution in [0.5, 0.6) is 0 Å². The number of hydrogen-bond acceptors (Lipinski definition) is 2. The van der Waals surface area contributed by atoms with Gasteiger partial charge in [0.05, 0.1) is 18.8 Å². The molecule has 0 aliphatic carbocycles. The van der Waals surface area contributed by atoms with Crippen LogP contribution in [0.15, 0.2) is 48.5 Å². The molecule has 0 saturated carbocycles. The zero-order valence-corrected chi connectivity index (χ0v) is 23.0. The summed E-state index contributed by atoms with van der Waals surface area (Å²) in [5.74, 6) is -3.20. The molecule has 3 aromatic carbocycles. The van der Waals surface area contributed by atoms with Gasteiger partial charge in [0.15, 0.2) is 6.29 Å². The van der Waals surface area contributed by atoms with Crippen LogP contribution < -0.4 is 0 Å². The maximum absolute atomic E-state index is 15.1. The van der Waals surface area contributed by atoms with Crippen molar-refractivity contribution in [3.05, 3.63) is 82.9 Å². The largest absolute Gasteiger partial charge is 0.348 e. The van der Waals surface area contributed by atoms with Gasteiger partial charge in [-0.3, -0.25) is 0 Å². The minimum absolute atomic E-state index is 0.0700. The lowest BCUT2D eigenvalue weighted by molar-refractivity contribution is -0.206. The lowest BCUT2D eigenvalue weighted by Gasteiger charge is -2.29. The van der Waals surface area contributed by atoms with E-state index in [1.54, 1.807) is 6.07 Å². The molecule has 4 rings (SSSR count). The molecule has 0 bridgehead atoms. The molecule has 1 saturated heterocycles. The van der Waals surface area contributed by atoms with E-state index in [4.69, 9.17) is 9.47 Å². The Balaban J connectivity index is 1.32. The fourth-order valence-electron chi connectivity index (χ4n) is 5.18. The molecule has 1 fully saturated rings. The van der Waals surface area contributed by atoms with Crippen LogP contribution in [0.2, 0.25) is 0 Å². The molecule has 0 radical (unpaired) electrons. The van der Waals surface area contributed by atoms with Gasteiger partial charge in [-0.15, -0.1) is 0 Å².